The molecule has 1 unspecified atom stereocenters. The van der Waals surface area contributed by atoms with Crippen LogP contribution in [0.15, 0.2) is 23.0 Å². The molecule has 4 rings (SSSR count). The van der Waals surface area contributed by atoms with Crippen LogP contribution in [0, 0.1) is 0 Å². The second-order valence-electron chi connectivity index (χ2n) is 9.71. The van der Waals surface area contributed by atoms with Gasteiger partial charge in [-0.15, -0.1) is 9.24 Å². The van der Waals surface area contributed by atoms with E-state index in [9.17, 15) is 34.5 Å². The summed E-state index contributed by atoms with van der Waals surface area (Å²) in [4.78, 5) is 50.5. The fourth-order valence-electron chi connectivity index (χ4n) is 5.44. The van der Waals surface area contributed by atoms with E-state index in [1.165, 1.54) is 14.0 Å². The number of benzene rings is 1. The third kappa shape index (κ3) is 4.38. The summed E-state index contributed by atoms with van der Waals surface area (Å²) in [7, 11) is 3.68. The number of hydrogen-bond acceptors (Lipinski definition) is 11. The quantitative estimate of drug-likeness (QED) is 0.161. The second kappa shape index (κ2) is 9.98. The number of Topliss-reactive ketones (excluding diaryl/α,β-unsaturated/α-hetero) is 3. The van der Waals surface area contributed by atoms with E-state index in [0.717, 1.165) is 6.92 Å². The van der Waals surface area contributed by atoms with E-state index in [0.29, 0.717) is 19.1 Å². The Labute approximate surface area is 220 Å². The third-order valence-corrected chi connectivity index (χ3v) is 7.59. The molecule has 38 heavy (non-hydrogen) atoms. The number of ether oxygens (including phenoxy) is 3. The van der Waals surface area contributed by atoms with Gasteiger partial charge in [0.2, 0.25) is 5.78 Å². The van der Waals surface area contributed by atoms with E-state index in [1.54, 1.807) is 6.08 Å². The van der Waals surface area contributed by atoms with Gasteiger partial charge in [0.25, 0.3) is 0 Å². The number of rotatable bonds is 8. The number of hydrogen-bond donors (Lipinski definition) is 4. The Kier molecular flexibility index (Phi) is 7.37. The maximum atomic E-state index is 13.7. The molecular weight excluding hydrogens is 517 g/mol. The average Bonchev–Trinajstić information content (AvgIpc) is 2.83. The van der Waals surface area contributed by atoms with Crippen LogP contribution >= 0.6 is 9.24 Å². The number of carbonyl (C=O) groups is 4. The summed E-state index contributed by atoms with van der Waals surface area (Å²) < 4.78 is 16.8. The Morgan fingerprint density at radius 2 is 1.89 bits per heavy atom. The molecule has 204 valence electrons. The van der Waals surface area contributed by atoms with E-state index in [1.807, 2.05) is 0 Å². The van der Waals surface area contributed by atoms with Gasteiger partial charge in [-0.3, -0.25) is 20.1 Å². The fraction of sp³-hybridized carbons (Fsp3) is 0.462. The van der Waals surface area contributed by atoms with E-state index in [2.05, 4.69) is 9.24 Å². The number of aromatic hydroxyl groups is 2. The van der Waals surface area contributed by atoms with Crippen LogP contribution in [0.5, 0.6) is 11.5 Å². The van der Waals surface area contributed by atoms with Crippen molar-refractivity contribution < 1.29 is 48.7 Å². The monoisotopic (exact) mass is 547 g/mol. The Morgan fingerprint density at radius 3 is 2.50 bits per heavy atom. The van der Waals surface area contributed by atoms with E-state index in [-0.39, 0.29) is 34.5 Å². The smallest absolute Gasteiger partial charge is 0.201 e. The zero-order chi connectivity index (χ0) is 28.2. The van der Waals surface area contributed by atoms with Gasteiger partial charge >= 0.3 is 0 Å². The predicted molar refractivity (Wildman–Crippen MR) is 135 cm³/mol. The minimum Gasteiger partial charge on any atom is -0.507 e. The van der Waals surface area contributed by atoms with Crippen LogP contribution in [0.1, 0.15) is 71.4 Å². The van der Waals surface area contributed by atoms with Gasteiger partial charge < -0.3 is 34.3 Å². The molecule has 0 aromatic heterocycles. The second-order valence-corrected chi connectivity index (χ2v) is 10.5. The number of nitrogens with two attached hydrogens (primary N) is 1. The molecule has 5 atom stereocenters. The third-order valence-electron chi connectivity index (χ3n) is 7.16. The molecule has 0 heterocycles. The lowest BCUT2D eigenvalue weighted by atomic mass is 9.69. The number of phenols is 2. The van der Waals surface area contributed by atoms with E-state index >= 15 is 0 Å². The summed E-state index contributed by atoms with van der Waals surface area (Å²) in [6.07, 6.45) is 0.837. The summed E-state index contributed by atoms with van der Waals surface area (Å²) in [5.74, 6) is -3.93. The molecule has 0 bridgehead atoms. The van der Waals surface area contributed by atoms with Crippen LogP contribution in [0.4, 0.5) is 0 Å². The Hall–Kier alpha value is -2.95. The molecule has 0 aliphatic heterocycles. The van der Waals surface area contributed by atoms with Gasteiger partial charge in [0, 0.05) is 42.4 Å². The maximum Gasteiger partial charge on any atom is 0.201 e. The SMILES string of the molecule is COC1=C2C(=O)c3c(O)c4c(c(O)c3C(=O)C2=CCC1)C[C@@](O)(C(C)=O)C[C@]4(N)O[C@@H](C)O[C@@H](P)CC=O. The number of allylic oxidation sites excluding steroid dienone is 4. The van der Waals surface area contributed by atoms with Crippen LogP contribution in [-0.2, 0) is 35.9 Å². The average molecular weight is 547 g/mol. The molecule has 3 aliphatic rings. The summed E-state index contributed by atoms with van der Waals surface area (Å²) in [6, 6.07) is 0. The number of ketones is 3. The van der Waals surface area contributed by atoms with Gasteiger partial charge in [0.05, 0.1) is 29.7 Å². The molecule has 0 radical (unpaired) electrons. The highest BCUT2D eigenvalue weighted by atomic mass is 31.0. The van der Waals surface area contributed by atoms with Crippen LogP contribution in [-0.4, -0.2) is 63.8 Å². The van der Waals surface area contributed by atoms with E-state index in [4.69, 9.17) is 19.9 Å². The van der Waals surface area contributed by atoms with Crippen molar-refractivity contribution in [1.29, 1.82) is 0 Å². The lowest BCUT2D eigenvalue weighted by molar-refractivity contribution is -0.229. The van der Waals surface area contributed by atoms with Crippen molar-refractivity contribution in [2.75, 3.05) is 7.11 Å². The largest absolute Gasteiger partial charge is 0.507 e. The number of aliphatic hydroxyl groups is 1. The lowest BCUT2D eigenvalue weighted by Crippen LogP contribution is -2.57. The molecule has 0 spiro atoms. The van der Waals surface area contributed by atoms with Gasteiger partial charge in [0.1, 0.15) is 29.1 Å². The van der Waals surface area contributed by atoms with Crippen LogP contribution in [0.2, 0.25) is 0 Å². The van der Waals surface area contributed by atoms with E-state index < -0.39 is 76.3 Å². The van der Waals surface area contributed by atoms with Crippen molar-refractivity contribution in [3.05, 3.63) is 45.2 Å². The molecule has 0 saturated heterocycles. The summed E-state index contributed by atoms with van der Waals surface area (Å²) in [5.41, 5.74) is 0.956. The highest BCUT2D eigenvalue weighted by molar-refractivity contribution is 7.17. The zero-order valence-corrected chi connectivity index (χ0v) is 22.4. The minimum absolute atomic E-state index is 0.0121. The minimum atomic E-state index is -2.15. The number of phenolic OH excluding ortho intramolecular Hbond substituents is 2. The first-order valence-electron chi connectivity index (χ1n) is 12.0. The molecule has 1 aromatic rings. The first-order chi connectivity index (χ1) is 17.8. The molecule has 1 aromatic carbocycles. The van der Waals surface area contributed by atoms with Crippen molar-refractivity contribution in [2.45, 2.75) is 69.4 Å². The standard InChI is InChI=1S/C26H30NO10P/c1-11(29)25(34)9-14-20(26(27,10-25)37-12(2)36-16(38)7-8-28)24(33)19-18(22(14)31)21(30)13-5-4-6-15(35-3)17(13)23(19)32/h5,8,12,16,31,33-34H,4,6-7,9-10,27,38H2,1-3H3/t12-,16-,25-,26-/m0/s1. The first kappa shape index (κ1) is 28.1. The van der Waals surface area contributed by atoms with Crippen molar-refractivity contribution in [3.8, 4) is 11.5 Å². The molecular formula is C26H30NO10P. The van der Waals surface area contributed by atoms with Gasteiger partial charge in [-0.05, 0) is 20.3 Å². The molecule has 0 amide bonds. The topological polar surface area (TPSA) is 183 Å². The van der Waals surface area contributed by atoms with Crippen molar-refractivity contribution in [1.82, 2.24) is 0 Å². The van der Waals surface area contributed by atoms with Gasteiger partial charge in [-0.2, -0.15) is 0 Å². The first-order valence-corrected chi connectivity index (χ1v) is 12.7. The summed E-state index contributed by atoms with van der Waals surface area (Å²) >= 11 is 0. The Morgan fingerprint density at radius 1 is 1.24 bits per heavy atom. The molecule has 12 heteroatoms. The highest BCUT2D eigenvalue weighted by Crippen LogP contribution is 2.53. The van der Waals surface area contributed by atoms with Crippen LogP contribution in [0.25, 0.3) is 0 Å². The van der Waals surface area contributed by atoms with Crippen LogP contribution in [0.3, 0.4) is 0 Å². The molecule has 0 fully saturated rings. The molecule has 11 nitrogen and oxygen atoms in total. The zero-order valence-electron chi connectivity index (χ0n) is 21.2. The highest BCUT2D eigenvalue weighted by Gasteiger charge is 2.54. The van der Waals surface area contributed by atoms with Crippen molar-refractivity contribution in [3.63, 3.8) is 0 Å². The Balaban J connectivity index is 1.96. The van der Waals surface area contributed by atoms with Gasteiger partial charge in [-0.1, -0.05) is 6.08 Å². The molecule has 0 saturated carbocycles. The number of fused-ring (bicyclic) bond motifs is 3. The summed E-state index contributed by atoms with van der Waals surface area (Å²) in [5, 5.41) is 34.0. The number of carbonyl (C=O) groups excluding carboxylic acids is 4. The van der Waals surface area contributed by atoms with Crippen LogP contribution < -0.4 is 5.73 Å². The predicted octanol–water partition coefficient (Wildman–Crippen LogP) is 1.64. The lowest BCUT2D eigenvalue weighted by Gasteiger charge is -2.45. The van der Waals surface area contributed by atoms with Gasteiger partial charge in [0.15, 0.2) is 23.6 Å². The van der Waals surface area contributed by atoms with Crippen molar-refractivity contribution >= 4 is 32.9 Å². The van der Waals surface area contributed by atoms with Crippen molar-refractivity contribution in [2.24, 2.45) is 5.73 Å². The Bertz CT molecular complexity index is 1320. The molecule has 3 aliphatic carbocycles. The number of aldehydes is 1. The fourth-order valence-corrected chi connectivity index (χ4v) is 5.77. The summed E-state index contributed by atoms with van der Waals surface area (Å²) in [6.45, 7) is 2.59. The maximum absolute atomic E-state index is 13.7. The number of methoxy groups -OCH3 is 1. The van der Waals surface area contributed by atoms with Gasteiger partial charge in [-0.25, -0.2) is 0 Å². The normalized spacial score (nSPS) is 26.1. The molecule has 5 N–H and O–H groups in total.